The van der Waals surface area contributed by atoms with Crippen molar-refractivity contribution in [3.8, 4) is 5.75 Å². The zero-order valence-electron chi connectivity index (χ0n) is 23.4. The van der Waals surface area contributed by atoms with Crippen molar-refractivity contribution >= 4 is 61.6 Å². The molecule has 0 saturated heterocycles. The van der Waals surface area contributed by atoms with Gasteiger partial charge in [0.25, 0.3) is 10.0 Å². The van der Waals surface area contributed by atoms with E-state index in [0.29, 0.717) is 47.1 Å². The Morgan fingerprint density at radius 2 is 1.83 bits per heavy atom. The van der Waals surface area contributed by atoms with Crippen molar-refractivity contribution in [3.05, 3.63) is 70.1 Å². The predicted molar refractivity (Wildman–Crippen MR) is 164 cm³/mol. The number of aromatic nitrogens is 2. The van der Waals surface area contributed by atoms with Crippen molar-refractivity contribution in [1.82, 2.24) is 15.1 Å². The van der Waals surface area contributed by atoms with Crippen molar-refractivity contribution in [2.24, 2.45) is 0 Å². The molecule has 0 aliphatic heterocycles. The maximum Gasteiger partial charge on any atom is 0.305 e. The summed E-state index contributed by atoms with van der Waals surface area (Å²) in [5.41, 5.74) is 2.48. The van der Waals surface area contributed by atoms with Crippen LogP contribution in [0.4, 0.5) is 5.82 Å². The van der Waals surface area contributed by atoms with Crippen LogP contribution < -0.4 is 14.8 Å². The van der Waals surface area contributed by atoms with Crippen molar-refractivity contribution in [2.45, 2.75) is 56.3 Å². The fraction of sp³-hybridized carbons (Fsp3) is 0.345. The summed E-state index contributed by atoms with van der Waals surface area (Å²) in [4.78, 5) is 24.0. The number of sulfonamides is 1. The number of nitrogens with zero attached hydrogens (tertiary/aromatic N) is 2. The van der Waals surface area contributed by atoms with Crippen LogP contribution in [0.5, 0.6) is 5.75 Å². The molecule has 1 amide bonds. The molecule has 2 N–H and O–H groups in total. The number of fused-ring (bicyclic) bond motifs is 1. The lowest BCUT2D eigenvalue weighted by atomic mass is 10.1. The first-order valence-corrected chi connectivity index (χ1v) is 16.2. The molecule has 0 aliphatic carbocycles. The van der Waals surface area contributed by atoms with Crippen LogP contribution in [0.3, 0.4) is 0 Å². The lowest BCUT2D eigenvalue weighted by Gasteiger charge is -2.09. The van der Waals surface area contributed by atoms with Crippen molar-refractivity contribution in [3.63, 3.8) is 0 Å². The van der Waals surface area contributed by atoms with Gasteiger partial charge < -0.3 is 14.8 Å². The topological polar surface area (TPSA) is 129 Å². The second-order valence-electron chi connectivity index (χ2n) is 9.55. The van der Waals surface area contributed by atoms with E-state index in [1.54, 1.807) is 10.7 Å². The molecule has 4 aromatic rings. The molecule has 0 saturated carbocycles. The minimum Gasteiger partial charge on any atom is -0.496 e. The molecular weight excluding hydrogens is 600 g/mol. The minimum absolute atomic E-state index is 0.0757. The summed E-state index contributed by atoms with van der Waals surface area (Å²) in [7, 11) is -2.41. The molecular formula is C29H33ClN4O6S2. The number of ether oxygens (including phenoxy) is 2. The number of anilines is 1. The Hall–Kier alpha value is -3.61. The van der Waals surface area contributed by atoms with Gasteiger partial charge in [0, 0.05) is 19.4 Å². The molecule has 4 rings (SSSR count). The molecule has 0 radical (unpaired) electrons. The highest BCUT2D eigenvalue weighted by atomic mass is 35.5. The maximum atomic E-state index is 13.0. The molecule has 13 heteroatoms. The third-order valence-corrected chi connectivity index (χ3v) is 9.43. The number of carbonyl (C=O) groups is 2. The Kier molecular flexibility index (Phi) is 10.8. The molecule has 0 unspecified atom stereocenters. The maximum absolute atomic E-state index is 13.0. The Morgan fingerprint density at radius 3 is 2.57 bits per heavy atom. The van der Waals surface area contributed by atoms with Crippen LogP contribution in [0.2, 0.25) is 4.34 Å². The first-order valence-electron chi connectivity index (χ1n) is 13.5. The molecule has 10 nitrogen and oxygen atoms in total. The standard InChI is InChI=1S/C29H33ClN4O6S2/c1-3-4-16-40-26(36)13-7-12-25(35)31-18-20-8-5-9-21(17-20)19-34-22-10-6-11-23(39-2)28(22)29(32-34)33-42(37,38)27-15-14-24(30)41-27/h5-6,8-11,14-15,17H,3-4,7,12-13,16,18-19H2,1-2H3,(H,31,35)(H,32,33). The molecule has 224 valence electrons. The van der Waals surface area contributed by atoms with Crippen LogP contribution >= 0.6 is 22.9 Å². The number of rotatable bonds is 15. The molecule has 0 atom stereocenters. The van der Waals surface area contributed by atoms with Crippen LogP contribution in [-0.4, -0.2) is 43.8 Å². The molecule has 2 heterocycles. The normalized spacial score (nSPS) is 11.4. The third kappa shape index (κ3) is 8.24. The van der Waals surface area contributed by atoms with E-state index in [2.05, 4.69) is 15.1 Å². The molecule has 2 aromatic heterocycles. The zero-order chi connectivity index (χ0) is 30.1. The van der Waals surface area contributed by atoms with E-state index < -0.39 is 10.0 Å². The molecule has 0 bridgehead atoms. The molecule has 0 spiro atoms. The lowest BCUT2D eigenvalue weighted by Crippen LogP contribution is -2.22. The number of hydrogen-bond donors (Lipinski definition) is 2. The number of methoxy groups -OCH3 is 1. The van der Waals surface area contributed by atoms with Crippen LogP contribution in [0.25, 0.3) is 10.9 Å². The van der Waals surface area contributed by atoms with E-state index in [4.69, 9.17) is 21.1 Å². The Labute approximate surface area is 254 Å². The SMILES string of the molecule is CCCCOC(=O)CCCC(=O)NCc1cccc(Cn2nc(NS(=O)(=O)c3ccc(Cl)s3)c3c(OC)cccc32)c1. The summed E-state index contributed by atoms with van der Waals surface area (Å²) in [5, 5.41) is 8.02. The number of esters is 1. The highest BCUT2D eigenvalue weighted by Gasteiger charge is 2.23. The highest BCUT2D eigenvalue weighted by molar-refractivity contribution is 7.94. The number of carbonyl (C=O) groups excluding carboxylic acids is 2. The second-order valence-corrected chi connectivity index (χ2v) is 13.2. The third-order valence-electron chi connectivity index (χ3n) is 6.36. The van der Waals surface area contributed by atoms with Gasteiger partial charge in [-0.25, -0.2) is 8.42 Å². The zero-order valence-corrected chi connectivity index (χ0v) is 25.8. The largest absolute Gasteiger partial charge is 0.496 e. The summed E-state index contributed by atoms with van der Waals surface area (Å²) in [6, 6.07) is 16.0. The van der Waals surface area contributed by atoms with Crippen molar-refractivity contribution < 1.29 is 27.5 Å². The smallest absolute Gasteiger partial charge is 0.305 e. The predicted octanol–water partition coefficient (Wildman–Crippen LogP) is 5.74. The van der Waals surface area contributed by atoms with Crippen LogP contribution in [-0.2, 0) is 37.4 Å². The number of nitrogens with one attached hydrogen (secondary N) is 2. The number of hydrogen-bond acceptors (Lipinski definition) is 8. The lowest BCUT2D eigenvalue weighted by molar-refractivity contribution is -0.143. The van der Waals surface area contributed by atoms with Gasteiger partial charge in [0.2, 0.25) is 5.91 Å². The van der Waals surface area contributed by atoms with E-state index in [1.165, 1.54) is 19.2 Å². The fourth-order valence-corrected chi connectivity index (χ4v) is 6.77. The number of thiophene rings is 1. The summed E-state index contributed by atoms with van der Waals surface area (Å²) >= 11 is 6.91. The number of amides is 1. The van der Waals surface area contributed by atoms with E-state index in [1.807, 2.05) is 43.3 Å². The first-order chi connectivity index (χ1) is 20.2. The van der Waals surface area contributed by atoms with Gasteiger partial charge in [0.15, 0.2) is 5.82 Å². The molecule has 0 fully saturated rings. The van der Waals surface area contributed by atoms with Gasteiger partial charge in [-0.05, 0) is 48.2 Å². The van der Waals surface area contributed by atoms with E-state index in [-0.39, 0.29) is 34.7 Å². The van der Waals surface area contributed by atoms with Crippen LogP contribution in [0.15, 0.2) is 58.8 Å². The number of unbranched alkanes of at least 4 members (excludes halogenated alkanes) is 1. The summed E-state index contributed by atoms with van der Waals surface area (Å²) in [6.45, 7) is 3.12. The van der Waals surface area contributed by atoms with Crippen LogP contribution in [0.1, 0.15) is 50.2 Å². The monoisotopic (exact) mass is 632 g/mol. The van der Waals surface area contributed by atoms with E-state index in [0.717, 1.165) is 35.3 Å². The minimum atomic E-state index is -3.92. The van der Waals surface area contributed by atoms with E-state index >= 15 is 0 Å². The Balaban J connectivity index is 1.43. The second kappa shape index (κ2) is 14.5. The average Bonchev–Trinajstić information content (AvgIpc) is 3.56. The Morgan fingerprint density at radius 1 is 1.05 bits per heavy atom. The van der Waals surface area contributed by atoms with Gasteiger partial charge in [-0.3, -0.25) is 19.0 Å². The first kappa shape index (κ1) is 31.3. The molecule has 42 heavy (non-hydrogen) atoms. The fourth-order valence-electron chi connectivity index (χ4n) is 4.27. The van der Waals surface area contributed by atoms with Crippen molar-refractivity contribution in [1.29, 1.82) is 0 Å². The number of benzene rings is 2. The molecule has 2 aromatic carbocycles. The van der Waals surface area contributed by atoms with Gasteiger partial charge in [-0.2, -0.15) is 5.10 Å². The van der Waals surface area contributed by atoms with Gasteiger partial charge in [-0.1, -0.05) is 55.3 Å². The highest BCUT2D eigenvalue weighted by Crippen LogP contribution is 2.35. The van der Waals surface area contributed by atoms with Crippen molar-refractivity contribution in [2.75, 3.05) is 18.4 Å². The summed E-state index contributed by atoms with van der Waals surface area (Å²) in [5.74, 6) is 0.200. The van der Waals surface area contributed by atoms with Gasteiger partial charge in [0.05, 0.1) is 35.5 Å². The Bertz CT molecular complexity index is 1650. The van der Waals surface area contributed by atoms with Crippen LogP contribution in [0, 0.1) is 0 Å². The average molecular weight is 633 g/mol. The quantitative estimate of drug-likeness (QED) is 0.126. The summed E-state index contributed by atoms with van der Waals surface area (Å²) < 4.78 is 41.5. The number of halogens is 1. The van der Waals surface area contributed by atoms with Gasteiger partial charge >= 0.3 is 5.97 Å². The molecule has 0 aliphatic rings. The van der Waals surface area contributed by atoms with Gasteiger partial charge in [-0.15, -0.1) is 11.3 Å². The summed E-state index contributed by atoms with van der Waals surface area (Å²) in [6.07, 6.45) is 2.67. The van der Waals surface area contributed by atoms with Gasteiger partial charge in [0.1, 0.15) is 9.96 Å². The van der Waals surface area contributed by atoms with E-state index in [9.17, 15) is 18.0 Å².